The van der Waals surface area contributed by atoms with Crippen LogP contribution >= 0.6 is 0 Å². The largest absolute Gasteiger partial charge is 0.355 e. The number of nitrogens with one attached hydrogen (secondary N) is 1. The first-order valence-electron chi connectivity index (χ1n) is 7.76. The number of amides is 1. The van der Waals surface area contributed by atoms with E-state index in [0.717, 1.165) is 12.1 Å². The van der Waals surface area contributed by atoms with Gasteiger partial charge in [0.15, 0.2) is 0 Å². The van der Waals surface area contributed by atoms with Crippen molar-refractivity contribution in [3.8, 4) is 0 Å². The normalized spacial score (nSPS) is 12.6. The quantitative estimate of drug-likeness (QED) is 0.854. The summed E-state index contributed by atoms with van der Waals surface area (Å²) in [5.74, 6) is 0.603. The van der Waals surface area contributed by atoms with Gasteiger partial charge in [-0.25, -0.2) is 0 Å². The number of nitrogens with zero attached hydrogens (tertiary/aromatic N) is 1. The number of hydrogen-bond donors (Lipinski definition) is 1. The molecule has 118 valence electrons. The van der Waals surface area contributed by atoms with Crippen LogP contribution < -0.4 is 5.32 Å². The van der Waals surface area contributed by atoms with Crippen molar-refractivity contribution in [2.45, 2.75) is 59.8 Å². The van der Waals surface area contributed by atoms with E-state index >= 15 is 0 Å². The summed E-state index contributed by atoms with van der Waals surface area (Å²) in [6, 6.07) is 3.84. The van der Waals surface area contributed by atoms with Gasteiger partial charge < -0.3 is 5.32 Å². The zero-order valence-electron chi connectivity index (χ0n) is 14.6. The van der Waals surface area contributed by atoms with Gasteiger partial charge >= 0.3 is 0 Å². The van der Waals surface area contributed by atoms with Crippen LogP contribution in [0.3, 0.4) is 0 Å². The summed E-state index contributed by atoms with van der Waals surface area (Å²) >= 11 is 0. The van der Waals surface area contributed by atoms with Crippen LogP contribution in [0.15, 0.2) is 18.3 Å². The molecule has 3 heteroatoms. The Hall–Kier alpha value is -1.38. The molecule has 0 fully saturated rings. The van der Waals surface area contributed by atoms with Crippen LogP contribution in [-0.4, -0.2) is 17.9 Å². The molecule has 0 spiro atoms. The van der Waals surface area contributed by atoms with Crippen LogP contribution in [0.5, 0.6) is 0 Å². The van der Waals surface area contributed by atoms with Gasteiger partial charge in [0.25, 0.3) is 5.91 Å². The third kappa shape index (κ3) is 5.14. The molecule has 0 aliphatic carbocycles. The van der Waals surface area contributed by atoms with Crippen molar-refractivity contribution in [1.29, 1.82) is 0 Å². The summed E-state index contributed by atoms with van der Waals surface area (Å²) in [5.41, 5.74) is 1.93. The monoisotopic (exact) mass is 290 g/mol. The van der Waals surface area contributed by atoms with E-state index in [2.05, 4.69) is 51.8 Å². The molecule has 0 unspecified atom stereocenters. The first-order valence-corrected chi connectivity index (χ1v) is 7.76. The highest BCUT2D eigenvalue weighted by Crippen LogP contribution is 2.39. The summed E-state index contributed by atoms with van der Waals surface area (Å²) < 4.78 is 0. The summed E-state index contributed by atoms with van der Waals surface area (Å²) in [6.45, 7) is 13.7. The smallest absolute Gasteiger partial charge is 0.252 e. The van der Waals surface area contributed by atoms with Crippen LogP contribution in [0.25, 0.3) is 0 Å². The average Bonchev–Trinajstić information content (AvgIpc) is 2.35. The molecule has 0 saturated carbocycles. The number of carbonyl (C=O) groups excluding carboxylic acids is 1. The molecule has 1 N–H and O–H groups in total. The van der Waals surface area contributed by atoms with E-state index in [1.807, 2.05) is 12.1 Å². The minimum atomic E-state index is -0.0907. The second-order valence-corrected chi connectivity index (χ2v) is 7.83. The molecule has 1 amide bonds. The second-order valence-electron chi connectivity index (χ2n) is 7.83. The Balaban J connectivity index is 2.89. The number of pyridine rings is 1. The van der Waals surface area contributed by atoms with E-state index in [1.54, 1.807) is 13.2 Å². The van der Waals surface area contributed by atoms with E-state index in [4.69, 9.17) is 0 Å². The lowest BCUT2D eigenvalue weighted by Gasteiger charge is -2.36. The Kier molecular flexibility index (Phi) is 5.54. The van der Waals surface area contributed by atoms with Crippen molar-refractivity contribution < 1.29 is 4.79 Å². The summed E-state index contributed by atoms with van der Waals surface area (Å²) in [7, 11) is 1.63. The molecule has 0 saturated heterocycles. The number of carbonyl (C=O) groups is 1. The van der Waals surface area contributed by atoms with Gasteiger partial charge in [0.2, 0.25) is 0 Å². The van der Waals surface area contributed by atoms with Gasteiger partial charge in [-0.15, -0.1) is 0 Å². The highest BCUT2D eigenvalue weighted by Gasteiger charge is 2.31. The second kappa shape index (κ2) is 6.59. The van der Waals surface area contributed by atoms with Crippen molar-refractivity contribution in [2.24, 2.45) is 11.3 Å². The molecule has 0 bridgehead atoms. The first kappa shape index (κ1) is 17.7. The average molecular weight is 290 g/mol. The fourth-order valence-corrected chi connectivity index (χ4v) is 3.54. The molecular formula is C18H30N2O. The van der Waals surface area contributed by atoms with Gasteiger partial charge in [0.1, 0.15) is 0 Å². The highest BCUT2D eigenvalue weighted by atomic mass is 16.1. The maximum absolute atomic E-state index is 11.6. The Morgan fingerprint density at radius 1 is 1.24 bits per heavy atom. The van der Waals surface area contributed by atoms with Gasteiger partial charge in [-0.3, -0.25) is 9.78 Å². The number of hydrogen-bond acceptors (Lipinski definition) is 2. The minimum absolute atomic E-state index is 0.000386. The Morgan fingerprint density at radius 3 is 2.29 bits per heavy atom. The van der Waals surface area contributed by atoms with E-state index in [9.17, 15) is 4.79 Å². The number of rotatable bonds is 6. The van der Waals surface area contributed by atoms with Gasteiger partial charge in [-0.1, -0.05) is 41.5 Å². The van der Waals surface area contributed by atoms with Gasteiger partial charge in [0.05, 0.1) is 5.56 Å². The topological polar surface area (TPSA) is 42.0 Å². The maximum Gasteiger partial charge on any atom is 0.252 e. The summed E-state index contributed by atoms with van der Waals surface area (Å²) in [4.78, 5) is 16.1. The van der Waals surface area contributed by atoms with Crippen molar-refractivity contribution in [3.63, 3.8) is 0 Å². The fourth-order valence-electron chi connectivity index (χ4n) is 3.54. The van der Waals surface area contributed by atoms with Crippen molar-refractivity contribution >= 4 is 5.91 Å². The zero-order valence-corrected chi connectivity index (χ0v) is 14.6. The van der Waals surface area contributed by atoms with Crippen LogP contribution in [-0.2, 0) is 5.41 Å². The van der Waals surface area contributed by atoms with Crippen molar-refractivity contribution in [2.75, 3.05) is 7.05 Å². The molecule has 1 rings (SSSR count). The Morgan fingerprint density at radius 2 is 1.86 bits per heavy atom. The Labute approximate surface area is 129 Å². The molecule has 0 radical (unpaired) electrons. The van der Waals surface area contributed by atoms with Crippen LogP contribution in [0.1, 0.15) is 70.4 Å². The minimum Gasteiger partial charge on any atom is -0.355 e. The summed E-state index contributed by atoms with van der Waals surface area (Å²) in [5, 5.41) is 2.62. The molecule has 1 aromatic rings. The lowest BCUT2D eigenvalue weighted by molar-refractivity contribution is 0.0962. The molecule has 0 aliphatic heterocycles. The van der Waals surface area contributed by atoms with Gasteiger partial charge in [-0.05, 0) is 36.3 Å². The molecule has 0 aliphatic rings. The molecule has 1 heterocycles. The van der Waals surface area contributed by atoms with E-state index in [0.29, 0.717) is 11.5 Å². The summed E-state index contributed by atoms with van der Waals surface area (Å²) in [6.07, 6.45) is 3.95. The van der Waals surface area contributed by atoms with Crippen LogP contribution in [0.4, 0.5) is 0 Å². The highest BCUT2D eigenvalue weighted by molar-refractivity contribution is 5.93. The molecule has 0 aromatic carbocycles. The molecule has 3 nitrogen and oxygen atoms in total. The van der Waals surface area contributed by atoms with E-state index in [1.165, 1.54) is 6.42 Å². The number of aromatic nitrogens is 1. The molecule has 1 aromatic heterocycles. The lowest BCUT2D eigenvalue weighted by atomic mass is 9.70. The van der Waals surface area contributed by atoms with Crippen molar-refractivity contribution in [3.05, 3.63) is 29.6 Å². The van der Waals surface area contributed by atoms with E-state index in [-0.39, 0.29) is 16.7 Å². The zero-order chi connectivity index (χ0) is 16.3. The lowest BCUT2D eigenvalue weighted by Crippen LogP contribution is -2.29. The first-order chi connectivity index (χ1) is 9.57. The van der Waals surface area contributed by atoms with Gasteiger partial charge in [-0.2, -0.15) is 0 Å². The maximum atomic E-state index is 11.6. The van der Waals surface area contributed by atoms with Crippen LogP contribution in [0.2, 0.25) is 0 Å². The molecule has 0 atom stereocenters. The predicted octanol–water partition coefficient (Wildman–Crippen LogP) is 4.18. The third-order valence-corrected chi connectivity index (χ3v) is 3.83. The van der Waals surface area contributed by atoms with Crippen LogP contribution in [0, 0.1) is 11.3 Å². The van der Waals surface area contributed by atoms with Crippen molar-refractivity contribution in [1.82, 2.24) is 10.3 Å². The molecular weight excluding hydrogens is 260 g/mol. The SMILES string of the molecule is CNC(=O)c1ccc(C(C)(C)CC(C)(C)CC(C)C)nc1. The standard InChI is InChI=1S/C18H30N2O/c1-13(2)10-17(3,4)12-18(5,6)15-9-8-14(11-20-15)16(21)19-7/h8-9,11,13H,10,12H2,1-7H3,(H,19,21). The molecule has 21 heavy (non-hydrogen) atoms. The Bertz CT molecular complexity index is 472. The predicted molar refractivity (Wildman–Crippen MR) is 88.5 cm³/mol. The van der Waals surface area contributed by atoms with Gasteiger partial charge in [0, 0.05) is 24.4 Å². The third-order valence-electron chi connectivity index (χ3n) is 3.83. The fraction of sp³-hybridized carbons (Fsp3) is 0.667. The van der Waals surface area contributed by atoms with E-state index < -0.39 is 0 Å².